The summed E-state index contributed by atoms with van der Waals surface area (Å²) in [5.41, 5.74) is 0.363. The lowest BCUT2D eigenvalue weighted by Crippen LogP contribution is -2.49. The van der Waals surface area contributed by atoms with Crippen molar-refractivity contribution in [3.05, 3.63) is 71.3 Å². The lowest BCUT2D eigenvalue weighted by molar-refractivity contribution is -0.137. The van der Waals surface area contributed by atoms with Gasteiger partial charge in [-0.15, -0.1) is 0 Å². The van der Waals surface area contributed by atoms with E-state index in [9.17, 15) is 23.2 Å². The molecule has 27 heavy (non-hydrogen) atoms. The summed E-state index contributed by atoms with van der Waals surface area (Å²) < 4.78 is 37.9. The molecule has 7 heteroatoms. The fourth-order valence-corrected chi connectivity index (χ4v) is 3.17. The molecular formula is C20H18F3N3O. The maximum absolute atomic E-state index is 12.6. The van der Waals surface area contributed by atoms with Crippen molar-refractivity contribution in [2.24, 2.45) is 0 Å². The van der Waals surface area contributed by atoms with E-state index in [2.05, 4.69) is 6.07 Å². The number of hydrogen-bond donors (Lipinski definition) is 0. The van der Waals surface area contributed by atoms with Crippen molar-refractivity contribution in [1.82, 2.24) is 9.80 Å². The molecule has 1 aliphatic rings. The maximum atomic E-state index is 12.6. The molecule has 0 aromatic heterocycles. The third-order valence-corrected chi connectivity index (χ3v) is 4.66. The molecule has 1 fully saturated rings. The number of alkyl halides is 3. The van der Waals surface area contributed by atoms with Gasteiger partial charge in [0.1, 0.15) is 6.04 Å². The van der Waals surface area contributed by atoms with Crippen LogP contribution in [-0.2, 0) is 6.18 Å². The van der Waals surface area contributed by atoms with Crippen LogP contribution in [0.4, 0.5) is 13.2 Å². The second-order valence-corrected chi connectivity index (χ2v) is 6.35. The molecule has 0 spiro atoms. The van der Waals surface area contributed by atoms with E-state index in [1.165, 1.54) is 12.1 Å². The molecule has 1 unspecified atom stereocenters. The third-order valence-electron chi connectivity index (χ3n) is 4.66. The molecular weight excluding hydrogens is 355 g/mol. The molecule has 1 heterocycles. The van der Waals surface area contributed by atoms with E-state index in [1.54, 1.807) is 4.90 Å². The molecule has 0 radical (unpaired) electrons. The number of nitrogens with zero attached hydrogens (tertiary/aromatic N) is 3. The second-order valence-electron chi connectivity index (χ2n) is 6.35. The molecule has 3 rings (SSSR count). The summed E-state index contributed by atoms with van der Waals surface area (Å²) >= 11 is 0. The number of benzene rings is 2. The lowest BCUT2D eigenvalue weighted by atomic mass is 10.1. The Morgan fingerprint density at radius 3 is 2.07 bits per heavy atom. The molecule has 4 nitrogen and oxygen atoms in total. The Morgan fingerprint density at radius 1 is 0.963 bits per heavy atom. The first-order valence-electron chi connectivity index (χ1n) is 8.55. The van der Waals surface area contributed by atoms with Crippen LogP contribution >= 0.6 is 0 Å². The van der Waals surface area contributed by atoms with Crippen LogP contribution in [0, 0.1) is 11.3 Å². The monoisotopic (exact) mass is 373 g/mol. The largest absolute Gasteiger partial charge is 0.416 e. The van der Waals surface area contributed by atoms with Gasteiger partial charge < -0.3 is 4.90 Å². The number of hydrogen-bond acceptors (Lipinski definition) is 3. The summed E-state index contributed by atoms with van der Waals surface area (Å²) in [5, 5.41) is 9.51. The van der Waals surface area contributed by atoms with Gasteiger partial charge in [-0.1, -0.05) is 30.3 Å². The number of carbonyl (C=O) groups is 1. The highest BCUT2D eigenvalue weighted by atomic mass is 19.4. The predicted molar refractivity (Wildman–Crippen MR) is 93.7 cm³/mol. The summed E-state index contributed by atoms with van der Waals surface area (Å²) in [4.78, 5) is 16.2. The maximum Gasteiger partial charge on any atom is 0.416 e. The van der Waals surface area contributed by atoms with E-state index >= 15 is 0 Å². The minimum Gasteiger partial charge on any atom is -0.336 e. The van der Waals surface area contributed by atoms with Gasteiger partial charge in [0.15, 0.2) is 0 Å². The van der Waals surface area contributed by atoms with E-state index in [4.69, 9.17) is 0 Å². The molecule has 1 atom stereocenters. The van der Waals surface area contributed by atoms with Gasteiger partial charge >= 0.3 is 6.18 Å². The van der Waals surface area contributed by atoms with Gasteiger partial charge in [0.25, 0.3) is 5.91 Å². The number of rotatable bonds is 3. The van der Waals surface area contributed by atoms with E-state index in [0.29, 0.717) is 26.2 Å². The molecule has 2 aromatic carbocycles. The van der Waals surface area contributed by atoms with Crippen LogP contribution in [0.25, 0.3) is 0 Å². The molecule has 0 bridgehead atoms. The average Bonchev–Trinajstić information content (AvgIpc) is 2.69. The second kappa shape index (κ2) is 7.80. The van der Waals surface area contributed by atoms with Gasteiger partial charge in [0.2, 0.25) is 0 Å². The zero-order valence-electron chi connectivity index (χ0n) is 14.5. The smallest absolute Gasteiger partial charge is 0.336 e. The molecule has 0 aliphatic carbocycles. The van der Waals surface area contributed by atoms with Gasteiger partial charge in [-0.2, -0.15) is 18.4 Å². The van der Waals surface area contributed by atoms with Gasteiger partial charge in [-0.3, -0.25) is 9.69 Å². The normalized spacial score (nSPS) is 16.6. The molecule has 2 aromatic rings. The van der Waals surface area contributed by atoms with Crippen LogP contribution in [0.15, 0.2) is 54.6 Å². The van der Waals surface area contributed by atoms with Crippen molar-refractivity contribution in [2.45, 2.75) is 12.2 Å². The van der Waals surface area contributed by atoms with Crippen LogP contribution in [0.5, 0.6) is 0 Å². The summed E-state index contributed by atoms with van der Waals surface area (Å²) in [5.74, 6) is -0.295. The standard InChI is InChI=1S/C20H18F3N3O/c21-20(22,23)17-8-6-16(7-9-17)19(27)26-12-10-25(11-13-26)18(14-24)15-4-2-1-3-5-15/h1-9,18H,10-13H2. The van der Waals surface area contributed by atoms with Gasteiger partial charge in [0, 0.05) is 31.7 Å². The predicted octanol–water partition coefficient (Wildman–Crippen LogP) is 3.73. The van der Waals surface area contributed by atoms with Crippen LogP contribution in [0.2, 0.25) is 0 Å². The zero-order valence-corrected chi connectivity index (χ0v) is 14.5. The minimum absolute atomic E-state index is 0.233. The Bertz CT molecular complexity index is 820. The fraction of sp³-hybridized carbons (Fsp3) is 0.300. The van der Waals surface area contributed by atoms with Crippen LogP contribution in [0.3, 0.4) is 0 Å². The first-order chi connectivity index (χ1) is 12.9. The summed E-state index contributed by atoms with van der Waals surface area (Å²) in [7, 11) is 0. The molecule has 1 aliphatic heterocycles. The van der Waals surface area contributed by atoms with Crippen LogP contribution < -0.4 is 0 Å². The van der Waals surface area contributed by atoms with Crippen molar-refractivity contribution in [3.63, 3.8) is 0 Å². The average molecular weight is 373 g/mol. The lowest BCUT2D eigenvalue weighted by Gasteiger charge is -2.37. The van der Waals surface area contributed by atoms with Gasteiger partial charge in [-0.25, -0.2) is 0 Å². The zero-order chi connectivity index (χ0) is 19.4. The van der Waals surface area contributed by atoms with Crippen LogP contribution in [0.1, 0.15) is 27.5 Å². The summed E-state index contributed by atoms with van der Waals surface area (Å²) in [6.07, 6.45) is -4.42. The minimum atomic E-state index is -4.42. The number of nitriles is 1. The van der Waals surface area contributed by atoms with E-state index in [-0.39, 0.29) is 17.5 Å². The Morgan fingerprint density at radius 2 is 1.56 bits per heavy atom. The van der Waals surface area contributed by atoms with Crippen molar-refractivity contribution >= 4 is 5.91 Å². The Kier molecular flexibility index (Phi) is 5.47. The van der Waals surface area contributed by atoms with E-state index < -0.39 is 11.7 Å². The van der Waals surface area contributed by atoms with Crippen molar-refractivity contribution in [1.29, 1.82) is 5.26 Å². The third kappa shape index (κ3) is 4.29. The van der Waals surface area contributed by atoms with E-state index in [0.717, 1.165) is 17.7 Å². The highest BCUT2D eigenvalue weighted by molar-refractivity contribution is 5.94. The summed E-state index contributed by atoms with van der Waals surface area (Å²) in [6, 6.07) is 15.6. The Balaban J connectivity index is 1.63. The SMILES string of the molecule is N#CC(c1ccccc1)N1CCN(C(=O)c2ccc(C(F)(F)F)cc2)CC1. The Hall–Kier alpha value is -2.85. The van der Waals surface area contributed by atoms with Crippen molar-refractivity contribution < 1.29 is 18.0 Å². The quantitative estimate of drug-likeness (QED) is 0.824. The molecule has 0 N–H and O–H groups in total. The highest BCUT2D eigenvalue weighted by Gasteiger charge is 2.31. The first kappa shape index (κ1) is 18.9. The van der Waals surface area contributed by atoms with Gasteiger partial charge in [0.05, 0.1) is 11.6 Å². The number of amides is 1. The topological polar surface area (TPSA) is 47.3 Å². The van der Waals surface area contributed by atoms with Crippen LogP contribution in [-0.4, -0.2) is 41.9 Å². The molecule has 1 saturated heterocycles. The van der Waals surface area contributed by atoms with Crippen molar-refractivity contribution in [3.8, 4) is 6.07 Å². The van der Waals surface area contributed by atoms with Crippen molar-refractivity contribution in [2.75, 3.05) is 26.2 Å². The number of halogens is 3. The van der Waals surface area contributed by atoms with Gasteiger partial charge in [-0.05, 0) is 29.8 Å². The Labute approximate surface area is 155 Å². The van der Waals surface area contributed by atoms with E-state index in [1.807, 2.05) is 35.2 Å². The summed E-state index contributed by atoms with van der Waals surface area (Å²) in [6.45, 7) is 1.90. The molecule has 0 saturated carbocycles. The highest BCUT2D eigenvalue weighted by Crippen LogP contribution is 2.29. The molecule has 1 amide bonds. The number of piperazine rings is 1. The molecule has 140 valence electrons. The fourth-order valence-electron chi connectivity index (χ4n) is 3.17. The first-order valence-corrected chi connectivity index (χ1v) is 8.55. The number of carbonyl (C=O) groups excluding carboxylic acids is 1.